The molecule has 0 spiro atoms. The van der Waals surface area contributed by atoms with E-state index in [1.54, 1.807) is 24.1 Å². The minimum absolute atomic E-state index is 0.0587. The van der Waals surface area contributed by atoms with E-state index in [2.05, 4.69) is 15.2 Å². The minimum Gasteiger partial charge on any atom is -0.381 e. The molecule has 2 amide bonds. The van der Waals surface area contributed by atoms with Crippen LogP contribution in [0.25, 0.3) is 10.9 Å². The molecule has 1 saturated heterocycles. The Morgan fingerprint density at radius 3 is 2.73 bits per heavy atom. The molecule has 7 nitrogen and oxygen atoms in total. The van der Waals surface area contributed by atoms with Crippen LogP contribution in [0.5, 0.6) is 0 Å². The molecule has 2 fully saturated rings. The van der Waals surface area contributed by atoms with Crippen molar-refractivity contribution in [1.29, 1.82) is 0 Å². The zero-order valence-corrected chi connectivity index (χ0v) is 19.9. The second kappa shape index (κ2) is 9.06. The zero-order chi connectivity index (χ0) is 23.9. The first-order valence-electron chi connectivity index (χ1n) is 11.9. The Bertz CT molecular complexity index is 1010. The van der Waals surface area contributed by atoms with Gasteiger partial charge in [-0.2, -0.15) is 0 Å². The van der Waals surface area contributed by atoms with Crippen molar-refractivity contribution in [3.05, 3.63) is 35.3 Å². The fourth-order valence-electron chi connectivity index (χ4n) is 5.35. The molecule has 4 rings (SSSR count). The molecule has 2 aromatic rings. The lowest BCUT2D eigenvalue weighted by Gasteiger charge is -2.36. The van der Waals surface area contributed by atoms with E-state index in [0.29, 0.717) is 22.6 Å². The number of H-pyrrole nitrogens is 1. The van der Waals surface area contributed by atoms with E-state index in [0.717, 1.165) is 50.8 Å². The molecule has 3 N–H and O–H groups in total. The number of benzene rings is 1. The summed E-state index contributed by atoms with van der Waals surface area (Å²) in [6.07, 6.45) is 4.75. The lowest BCUT2D eigenvalue weighted by atomic mass is 9.90. The summed E-state index contributed by atoms with van der Waals surface area (Å²) >= 11 is 0. The first-order valence-corrected chi connectivity index (χ1v) is 11.9. The van der Waals surface area contributed by atoms with E-state index in [-0.39, 0.29) is 29.7 Å². The smallest absolute Gasteiger partial charge is 0.267 e. The van der Waals surface area contributed by atoms with Gasteiger partial charge in [-0.05, 0) is 70.6 Å². The number of hydrogen-bond acceptors (Lipinski definition) is 4. The number of hydrogen-bond donors (Lipinski definition) is 3. The number of fused-ring (bicyclic) bond motifs is 1. The van der Waals surface area contributed by atoms with E-state index < -0.39 is 5.60 Å². The van der Waals surface area contributed by atoms with Crippen molar-refractivity contribution in [2.75, 3.05) is 20.1 Å². The lowest BCUT2D eigenvalue weighted by Crippen LogP contribution is -2.50. The number of likely N-dealkylation sites (tertiary alicyclic amines) is 1. The third-order valence-corrected chi connectivity index (χ3v) is 7.28. The third kappa shape index (κ3) is 4.92. The first kappa shape index (κ1) is 23.7. The predicted molar refractivity (Wildman–Crippen MR) is 126 cm³/mol. The van der Waals surface area contributed by atoms with Gasteiger partial charge in [-0.25, -0.2) is 4.39 Å². The Kier molecular flexibility index (Phi) is 6.51. The molecule has 2 aliphatic rings. The highest BCUT2D eigenvalue weighted by Gasteiger charge is 2.37. The van der Waals surface area contributed by atoms with Crippen LogP contribution in [0.4, 0.5) is 4.39 Å². The number of rotatable bonds is 5. The Balaban J connectivity index is 1.36. The van der Waals surface area contributed by atoms with Crippen molar-refractivity contribution < 1.29 is 19.1 Å². The van der Waals surface area contributed by atoms with Crippen molar-refractivity contribution in [2.45, 2.75) is 76.6 Å². The van der Waals surface area contributed by atoms with Crippen molar-refractivity contribution in [1.82, 2.24) is 20.1 Å². The number of amides is 2. The van der Waals surface area contributed by atoms with Crippen LogP contribution in [-0.2, 0) is 4.79 Å². The van der Waals surface area contributed by atoms with Crippen molar-refractivity contribution in [2.24, 2.45) is 0 Å². The molecule has 1 aromatic heterocycles. The van der Waals surface area contributed by atoms with Crippen LogP contribution in [0.1, 0.15) is 62.0 Å². The SMILES string of the molecule is Cc1ccc(F)c2cc(C(=O)N[C@@H]3CCC[C@H](N4CC[C@@H](N(C)C(=O)C(C)(C)O)C4)C3)[nH]c12. The molecule has 0 unspecified atom stereocenters. The summed E-state index contributed by atoms with van der Waals surface area (Å²) in [4.78, 5) is 32.5. The van der Waals surface area contributed by atoms with Gasteiger partial charge < -0.3 is 20.3 Å². The summed E-state index contributed by atoms with van der Waals surface area (Å²) in [5.41, 5.74) is 0.578. The van der Waals surface area contributed by atoms with Gasteiger partial charge in [0, 0.05) is 43.6 Å². The number of aromatic nitrogens is 1. The quantitative estimate of drug-likeness (QED) is 0.643. The third-order valence-electron chi connectivity index (χ3n) is 7.28. The zero-order valence-electron chi connectivity index (χ0n) is 19.9. The Hall–Kier alpha value is -2.45. The van der Waals surface area contributed by atoms with Crippen molar-refractivity contribution >= 4 is 22.7 Å². The monoisotopic (exact) mass is 458 g/mol. The number of aromatic amines is 1. The van der Waals surface area contributed by atoms with Gasteiger partial charge in [0.2, 0.25) is 0 Å². The van der Waals surface area contributed by atoms with E-state index in [1.165, 1.54) is 19.9 Å². The topological polar surface area (TPSA) is 88.7 Å². The Morgan fingerprint density at radius 1 is 1.27 bits per heavy atom. The maximum atomic E-state index is 14.1. The van der Waals surface area contributed by atoms with Gasteiger partial charge in [0.05, 0.1) is 5.52 Å². The molecule has 2 heterocycles. The number of aryl methyl sites for hydroxylation is 1. The number of carbonyl (C=O) groups excluding carboxylic acids is 2. The highest BCUT2D eigenvalue weighted by Crippen LogP contribution is 2.29. The van der Waals surface area contributed by atoms with Crippen LogP contribution >= 0.6 is 0 Å². The summed E-state index contributed by atoms with van der Waals surface area (Å²) < 4.78 is 14.1. The predicted octanol–water partition coefficient (Wildman–Crippen LogP) is 2.96. The fourth-order valence-corrected chi connectivity index (χ4v) is 5.35. The molecule has 33 heavy (non-hydrogen) atoms. The standard InChI is InChI=1S/C25H35FN4O3/c1-15-8-9-20(26)19-13-21(28-22(15)19)23(31)27-16-6-5-7-17(12-16)30-11-10-18(14-30)29(4)24(32)25(2,3)33/h8-9,13,16-18,28,33H,5-7,10-12,14H2,1-4H3,(H,27,31)/t16-,17+,18-/m1/s1. The summed E-state index contributed by atoms with van der Waals surface area (Å²) in [6.45, 7) is 6.62. The molecule has 1 saturated carbocycles. The lowest BCUT2D eigenvalue weighted by molar-refractivity contribution is -0.148. The second-order valence-electron chi connectivity index (χ2n) is 10.2. The van der Waals surface area contributed by atoms with Crippen molar-refractivity contribution in [3.8, 4) is 0 Å². The molecule has 0 radical (unpaired) electrons. The average Bonchev–Trinajstić information content (AvgIpc) is 3.43. The van der Waals surface area contributed by atoms with Crippen LogP contribution in [0.2, 0.25) is 0 Å². The van der Waals surface area contributed by atoms with Gasteiger partial charge in [0.25, 0.3) is 11.8 Å². The maximum absolute atomic E-state index is 14.1. The minimum atomic E-state index is -1.37. The summed E-state index contributed by atoms with van der Waals surface area (Å²) in [6, 6.07) is 5.22. The highest BCUT2D eigenvalue weighted by atomic mass is 19.1. The average molecular weight is 459 g/mol. The molecular formula is C25H35FN4O3. The molecular weight excluding hydrogens is 423 g/mol. The largest absolute Gasteiger partial charge is 0.381 e. The van der Waals surface area contributed by atoms with E-state index in [1.807, 2.05) is 6.92 Å². The summed E-state index contributed by atoms with van der Waals surface area (Å²) in [5.74, 6) is -0.793. The van der Waals surface area contributed by atoms with Gasteiger partial charge in [0.1, 0.15) is 17.1 Å². The van der Waals surface area contributed by atoms with Crippen LogP contribution in [-0.4, -0.2) is 75.6 Å². The van der Waals surface area contributed by atoms with Crippen LogP contribution in [0.3, 0.4) is 0 Å². The molecule has 8 heteroatoms. The van der Waals surface area contributed by atoms with Gasteiger partial charge in [-0.3, -0.25) is 14.5 Å². The Labute approximate surface area is 194 Å². The van der Waals surface area contributed by atoms with Gasteiger partial charge in [-0.15, -0.1) is 0 Å². The molecule has 180 valence electrons. The number of nitrogens with one attached hydrogen (secondary N) is 2. The first-order chi connectivity index (χ1) is 15.5. The van der Waals surface area contributed by atoms with E-state index >= 15 is 0 Å². The normalized spacial score (nSPS) is 24.2. The maximum Gasteiger partial charge on any atom is 0.267 e. The van der Waals surface area contributed by atoms with Crippen molar-refractivity contribution in [3.63, 3.8) is 0 Å². The number of halogens is 1. The molecule has 3 atom stereocenters. The molecule has 1 aliphatic heterocycles. The van der Waals surface area contributed by atoms with Gasteiger partial charge in [-0.1, -0.05) is 6.07 Å². The number of likely N-dealkylation sites (N-methyl/N-ethyl adjacent to an activating group) is 1. The van der Waals surface area contributed by atoms with Crippen LogP contribution in [0, 0.1) is 12.7 Å². The van der Waals surface area contributed by atoms with E-state index in [9.17, 15) is 19.1 Å². The Morgan fingerprint density at radius 2 is 2.03 bits per heavy atom. The fraction of sp³-hybridized carbons (Fsp3) is 0.600. The number of carbonyl (C=O) groups is 2. The molecule has 1 aliphatic carbocycles. The highest BCUT2D eigenvalue weighted by molar-refractivity contribution is 5.99. The molecule has 0 bridgehead atoms. The van der Waals surface area contributed by atoms with Gasteiger partial charge >= 0.3 is 0 Å². The summed E-state index contributed by atoms with van der Waals surface area (Å²) in [7, 11) is 1.77. The number of aliphatic hydroxyl groups is 1. The van der Waals surface area contributed by atoms with Gasteiger partial charge in [0.15, 0.2) is 0 Å². The molecule has 1 aromatic carbocycles. The number of nitrogens with zero attached hydrogens (tertiary/aromatic N) is 2. The summed E-state index contributed by atoms with van der Waals surface area (Å²) in [5, 5.41) is 13.6. The van der Waals surface area contributed by atoms with Crippen LogP contribution in [0.15, 0.2) is 18.2 Å². The second-order valence-corrected chi connectivity index (χ2v) is 10.2. The van der Waals surface area contributed by atoms with Crippen LogP contribution < -0.4 is 5.32 Å². The van der Waals surface area contributed by atoms with E-state index in [4.69, 9.17) is 0 Å².